The fraction of sp³-hybridized carbons (Fsp3) is 0.308. The summed E-state index contributed by atoms with van der Waals surface area (Å²) in [6, 6.07) is 6.58. The summed E-state index contributed by atoms with van der Waals surface area (Å²) in [5, 5.41) is 8.85. The van der Waals surface area contributed by atoms with Gasteiger partial charge in [0, 0.05) is 18.0 Å². The zero-order valence-electron chi connectivity index (χ0n) is 9.71. The predicted molar refractivity (Wildman–Crippen MR) is 64.5 cm³/mol. The van der Waals surface area contributed by atoms with Gasteiger partial charge >= 0.3 is 0 Å². The van der Waals surface area contributed by atoms with Crippen LogP contribution in [0.5, 0.6) is 0 Å². The topological polar surface area (TPSA) is 28.8 Å². The van der Waals surface area contributed by atoms with E-state index in [0.29, 0.717) is 5.71 Å². The van der Waals surface area contributed by atoms with Crippen LogP contribution in [0.3, 0.4) is 0 Å². The highest BCUT2D eigenvalue weighted by Gasteiger charge is 2.13. The van der Waals surface area contributed by atoms with Crippen LogP contribution in [0, 0.1) is 17.1 Å². The minimum Gasteiger partial charge on any atom is -0.343 e. The fourth-order valence-electron chi connectivity index (χ4n) is 1.87. The van der Waals surface area contributed by atoms with E-state index in [1.807, 2.05) is 31.5 Å². The van der Waals surface area contributed by atoms with E-state index in [1.165, 1.54) is 12.1 Å². The third-order valence-corrected chi connectivity index (χ3v) is 2.86. The van der Waals surface area contributed by atoms with Crippen LogP contribution in [0.25, 0.3) is 10.9 Å². The van der Waals surface area contributed by atoms with E-state index in [4.69, 9.17) is 5.41 Å². The first-order valence-electron chi connectivity index (χ1n) is 5.34. The van der Waals surface area contributed by atoms with Crippen molar-refractivity contribution in [3.05, 3.63) is 35.8 Å². The Morgan fingerprint density at radius 3 is 2.62 bits per heavy atom. The van der Waals surface area contributed by atoms with E-state index in [9.17, 15) is 4.39 Å². The Labute approximate surface area is 94.2 Å². The van der Waals surface area contributed by atoms with E-state index in [2.05, 4.69) is 0 Å². The Hall–Kier alpha value is -1.64. The third-order valence-electron chi connectivity index (χ3n) is 2.86. The molecular weight excluding hydrogens is 203 g/mol. The van der Waals surface area contributed by atoms with Crippen LogP contribution in [0.2, 0.25) is 0 Å². The Bertz CT molecular complexity index is 552. The molecule has 0 radical (unpaired) electrons. The quantitative estimate of drug-likeness (QED) is 0.749. The number of rotatable bonds is 2. The second-order valence-corrected chi connectivity index (χ2v) is 4.36. The lowest BCUT2D eigenvalue weighted by atomic mass is 10.1. The second kappa shape index (κ2) is 3.74. The number of nitrogens with one attached hydrogen (secondary N) is 1. The Morgan fingerprint density at radius 2 is 2.00 bits per heavy atom. The summed E-state index contributed by atoms with van der Waals surface area (Å²) >= 11 is 0. The van der Waals surface area contributed by atoms with Gasteiger partial charge in [-0.15, -0.1) is 0 Å². The molecule has 1 heterocycles. The molecule has 3 heteroatoms. The van der Waals surface area contributed by atoms with Crippen molar-refractivity contribution < 1.29 is 4.39 Å². The second-order valence-electron chi connectivity index (χ2n) is 4.36. The smallest absolute Gasteiger partial charge is 0.123 e. The molecule has 0 aliphatic heterocycles. The number of nitrogens with zero attached hydrogens (tertiary/aromatic N) is 1. The first kappa shape index (κ1) is 10.9. The number of benzene rings is 1. The fourth-order valence-corrected chi connectivity index (χ4v) is 1.87. The molecule has 0 bridgehead atoms. The van der Waals surface area contributed by atoms with Gasteiger partial charge in [-0.05, 0) is 30.2 Å². The molecule has 0 saturated carbocycles. The van der Waals surface area contributed by atoms with E-state index >= 15 is 0 Å². The summed E-state index contributed by atoms with van der Waals surface area (Å²) in [7, 11) is 1.91. The molecule has 0 amide bonds. The van der Waals surface area contributed by atoms with Crippen molar-refractivity contribution >= 4 is 16.6 Å². The third kappa shape index (κ3) is 1.62. The molecule has 2 nitrogen and oxygen atoms in total. The van der Waals surface area contributed by atoms with Gasteiger partial charge in [0.15, 0.2) is 0 Å². The molecule has 1 aromatic carbocycles. The van der Waals surface area contributed by atoms with Crippen LogP contribution < -0.4 is 0 Å². The average Bonchev–Trinajstić information content (AvgIpc) is 2.54. The van der Waals surface area contributed by atoms with Crippen molar-refractivity contribution in [3.8, 4) is 0 Å². The van der Waals surface area contributed by atoms with Gasteiger partial charge in [-0.3, -0.25) is 0 Å². The van der Waals surface area contributed by atoms with Crippen LogP contribution >= 0.6 is 0 Å². The molecule has 2 aromatic rings. The van der Waals surface area contributed by atoms with E-state index in [1.54, 1.807) is 6.07 Å². The lowest BCUT2D eigenvalue weighted by molar-refractivity contribution is 0.629. The predicted octanol–water partition coefficient (Wildman–Crippen LogP) is 3.34. The minimum atomic E-state index is -0.235. The molecule has 0 unspecified atom stereocenters. The Kier molecular flexibility index (Phi) is 2.54. The van der Waals surface area contributed by atoms with Crippen molar-refractivity contribution in [1.82, 2.24) is 4.57 Å². The molecule has 0 spiro atoms. The van der Waals surface area contributed by atoms with E-state index in [0.717, 1.165) is 16.6 Å². The van der Waals surface area contributed by atoms with E-state index in [-0.39, 0.29) is 11.7 Å². The van der Waals surface area contributed by atoms with Crippen molar-refractivity contribution in [2.24, 2.45) is 13.0 Å². The SMILES string of the molecule is CC(C)C(=N)c1cc2cc(F)ccc2n1C. The molecule has 0 atom stereocenters. The van der Waals surface area contributed by atoms with Crippen LogP contribution in [0.15, 0.2) is 24.3 Å². The first-order valence-corrected chi connectivity index (χ1v) is 5.34. The maximum Gasteiger partial charge on any atom is 0.123 e. The highest BCUT2D eigenvalue weighted by Crippen LogP contribution is 2.21. The summed E-state index contributed by atoms with van der Waals surface area (Å²) in [5.41, 5.74) is 2.40. The molecule has 2 rings (SSSR count). The molecule has 84 valence electrons. The van der Waals surface area contributed by atoms with Crippen molar-refractivity contribution in [3.63, 3.8) is 0 Å². The summed E-state index contributed by atoms with van der Waals surface area (Å²) < 4.78 is 15.0. The normalized spacial score (nSPS) is 11.3. The summed E-state index contributed by atoms with van der Waals surface area (Å²) in [4.78, 5) is 0. The average molecular weight is 218 g/mol. The summed E-state index contributed by atoms with van der Waals surface area (Å²) in [6.07, 6.45) is 0. The molecule has 0 aliphatic carbocycles. The van der Waals surface area contributed by atoms with Crippen LogP contribution in [-0.4, -0.2) is 10.3 Å². The molecule has 0 fully saturated rings. The number of hydrogen-bond acceptors (Lipinski definition) is 1. The molecular formula is C13H15FN2. The number of hydrogen-bond donors (Lipinski definition) is 1. The van der Waals surface area contributed by atoms with Gasteiger partial charge in [-0.25, -0.2) is 4.39 Å². The lowest BCUT2D eigenvalue weighted by Gasteiger charge is -2.08. The highest BCUT2D eigenvalue weighted by atomic mass is 19.1. The highest BCUT2D eigenvalue weighted by molar-refractivity contribution is 6.02. The molecule has 0 saturated heterocycles. The standard InChI is InChI=1S/C13H15FN2/c1-8(2)13(15)12-7-9-6-10(14)4-5-11(9)16(12)3/h4-8,15H,1-3H3. The van der Waals surface area contributed by atoms with Crippen LogP contribution in [0.4, 0.5) is 4.39 Å². The number of halogens is 1. The number of aryl methyl sites for hydroxylation is 1. The van der Waals surface area contributed by atoms with Crippen LogP contribution in [0.1, 0.15) is 19.5 Å². The van der Waals surface area contributed by atoms with Gasteiger partial charge in [-0.2, -0.15) is 0 Å². The number of fused-ring (bicyclic) bond motifs is 1. The molecule has 0 aliphatic rings. The van der Waals surface area contributed by atoms with Gasteiger partial charge in [0.05, 0.1) is 11.4 Å². The Morgan fingerprint density at radius 1 is 1.31 bits per heavy atom. The maximum atomic E-state index is 13.1. The number of aromatic nitrogens is 1. The van der Waals surface area contributed by atoms with Crippen molar-refractivity contribution in [2.75, 3.05) is 0 Å². The summed E-state index contributed by atoms with van der Waals surface area (Å²) in [6.45, 7) is 3.97. The zero-order chi connectivity index (χ0) is 11.9. The monoisotopic (exact) mass is 218 g/mol. The van der Waals surface area contributed by atoms with Crippen LogP contribution in [-0.2, 0) is 7.05 Å². The van der Waals surface area contributed by atoms with Gasteiger partial charge in [-0.1, -0.05) is 13.8 Å². The Balaban J connectivity index is 2.64. The molecule has 16 heavy (non-hydrogen) atoms. The van der Waals surface area contributed by atoms with Gasteiger partial charge in [0.1, 0.15) is 5.82 Å². The van der Waals surface area contributed by atoms with Crippen molar-refractivity contribution in [2.45, 2.75) is 13.8 Å². The van der Waals surface area contributed by atoms with Gasteiger partial charge in [0.25, 0.3) is 0 Å². The van der Waals surface area contributed by atoms with Gasteiger partial charge < -0.3 is 9.98 Å². The summed E-state index contributed by atoms with van der Waals surface area (Å²) in [5.74, 6) is -0.0615. The maximum absolute atomic E-state index is 13.1. The van der Waals surface area contributed by atoms with Crippen molar-refractivity contribution in [1.29, 1.82) is 5.41 Å². The van der Waals surface area contributed by atoms with E-state index < -0.39 is 0 Å². The minimum absolute atomic E-state index is 0.174. The lowest BCUT2D eigenvalue weighted by Crippen LogP contribution is -2.11. The molecule has 1 aromatic heterocycles. The zero-order valence-corrected chi connectivity index (χ0v) is 9.71. The van der Waals surface area contributed by atoms with Gasteiger partial charge in [0.2, 0.25) is 0 Å². The largest absolute Gasteiger partial charge is 0.343 e. The molecule has 1 N–H and O–H groups in total. The first-order chi connectivity index (χ1) is 7.50.